The van der Waals surface area contributed by atoms with Crippen LogP contribution in [0.4, 0.5) is 0 Å². The van der Waals surface area contributed by atoms with Gasteiger partial charge in [-0.3, -0.25) is 9.59 Å². The summed E-state index contributed by atoms with van der Waals surface area (Å²) >= 11 is 7.15. The van der Waals surface area contributed by atoms with Crippen LogP contribution in [0.1, 0.15) is 33.9 Å². The number of halogens is 2. The van der Waals surface area contributed by atoms with E-state index in [0.29, 0.717) is 23.3 Å². The van der Waals surface area contributed by atoms with Gasteiger partial charge in [-0.15, -0.1) is 0 Å². The summed E-state index contributed by atoms with van der Waals surface area (Å²) in [7, 11) is 0. The number of pyridine rings is 1. The summed E-state index contributed by atoms with van der Waals surface area (Å²) in [5, 5.41) is 7.27. The van der Waals surface area contributed by atoms with Crippen molar-refractivity contribution in [1.82, 2.24) is 9.99 Å². The summed E-state index contributed by atoms with van der Waals surface area (Å²) in [4.78, 5) is 30.4. The molecule has 0 unspecified atom stereocenters. The number of hydrogen-bond acceptors (Lipinski definition) is 3. The quantitative estimate of drug-likeness (QED) is 0.222. The molecule has 1 N–H and O–H groups in total. The molecule has 0 fully saturated rings. The van der Waals surface area contributed by atoms with E-state index in [4.69, 9.17) is 5.10 Å². The van der Waals surface area contributed by atoms with Crippen molar-refractivity contribution in [3.63, 3.8) is 0 Å². The Morgan fingerprint density at radius 1 is 0.816 bits per heavy atom. The lowest BCUT2D eigenvalue weighted by atomic mass is 9.91. The number of benzene rings is 4. The Morgan fingerprint density at radius 2 is 1.53 bits per heavy atom. The molecule has 1 aliphatic heterocycles. The number of hydrogen-bond donors (Lipinski definition) is 1. The topological polar surface area (TPSA) is 65.5 Å². The van der Waals surface area contributed by atoms with E-state index in [1.165, 1.54) is 5.01 Å². The summed E-state index contributed by atoms with van der Waals surface area (Å²) in [6.45, 7) is 0. The number of aromatic amines is 1. The maximum absolute atomic E-state index is 13.7. The number of rotatable bonds is 4. The molecule has 0 radical (unpaired) electrons. The zero-order chi connectivity index (χ0) is 26.2. The van der Waals surface area contributed by atoms with Crippen LogP contribution < -0.4 is 5.56 Å². The van der Waals surface area contributed by atoms with Crippen molar-refractivity contribution in [3.8, 4) is 11.1 Å². The molecule has 0 saturated heterocycles. The van der Waals surface area contributed by atoms with Gasteiger partial charge in [0.2, 0.25) is 0 Å². The van der Waals surface area contributed by atoms with Gasteiger partial charge in [-0.1, -0.05) is 92.5 Å². The van der Waals surface area contributed by atoms with Crippen molar-refractivity contribution in [2.45, 2.75) is 12.5 Å². The fraction of sp³-hybridized carbons (Fsp3) is 0.0645. The number of aromatic nitrogens is 1. The minimum Gasteiger partial charge on any atom is -0.321 e. The second-order valence-electron chi connectivity index (χ2n) is 9.10. The van der Waals surface area contributed by atoms with Crippen molar-refractivity contribution < 1.29 is 4.79 Å². The normalized spacial score (nSPS) is 15.1. The number of carbonyl (C=O) groups excluding carboxylic acids is 1. The predicted octanol–water partition coefficient (Wildman–Crippen LogP) is 7.71. The van der Waals surface area contributed by atoms with Crippen molar-refractivity contribution in [1.29, 1.82) is 0 Å². The zero-order valence-electron chi connectivity index (χ0n) is 20.1. The smallest absolute Gasteiger partial charge is 0.274 e. The monoisotopic (exact) mass is 625 g/mol. The van der Waals surface area contributed by atoms with E-state index in [0.717, 1.165) is 36.5 Å². The summed E-state index contributed by atoms with van der Waals surface area (Å²) < 4.78 is 1.82. The van der Waals surface area contributed by atoms with Gasteiger partial charge in [0.05, 0.1) is 17.3 Å². The van der Waals surface area contributed by atoms with Crippen LogP contribution in [0.25, 0.3) is 22.0 Å². The lowest BCUT2D eigenvalue weighted by Crippen LogP contribution is -2.27. The third-order valence-electron chi connectivity index (χ3n) is 6.70. The van der Waals surface area contributed by atoms with Crippen LogP contribution >= 0.6 is 31.9 Å². The van der Waals surface area contributed by atoms with Gasteiger partial charge in [0, 0.05) is 37.4 Å². The summed E-state index contributed by atoms with van der Waals surface area (Å²) in [5.74, 6) is -0.216. The highest BCUT2D eigenvalue weighted by Gasteiger charge is 2.36. The van der Waals surface area contributed by atoms with Crippen LogP contribution in [0.5, 0.6) is 0 Å². The van der Waals surface area contributed by atoms with Crippen LogP contribution in [0.3, 0.4) is 0 Å². The highest BCUT2D eigenvalue weighted by molar-refractivity contribution is 9.10. The third-order valence-corrected chi connectivity index (χ3v) is 7.69. The Balaban J connectivity index is 1.58. The van der Waals surface area contributed by atoms with E-state index in [2.05, 4.69) is 36.8 Å². The van der Waals surface area contributed by atoms with Gasteiger partial charge in [-0.2, -0.15) is 5.10 Å². The fourth-order valence-electron chi connectivity index (χ4n) is 4.98. The maximum atomic E-state index is 13.7. The van der Waals surface area contributed by atoms with E-state index >= 15 is 0 Å². The second kappa shape index (κ2) is 10.2. The molecule has 6 rings (SSSR count). The minimum atomic E-state index is -0.364. The Labute approximate surface area is 236 Å². The minimum absolute atomic E-state index is 0.216. The number of H-pyrrole nitrogens is 1. The molecule has 1 amide bonds. The standard InChI is InChI=1S/C31H21Br2N3O2/c32-22-13-7-12-21(16-22)27-18-26(35-36(27)31(38)20-10-5-2-6-11-20)29-28(19-8-3-1-4-9-19)24-17-23(33)14-15-25(24)34-30(29)37/h1-17,27H,18H2,(H,34,37)/t27-/m1/s1. The first-order valence-electron chi connectivity index (χ1n) is 12.1. The average molecular weight is 627 g/mol. The lowest BCUT2D eigenvalue weighted by Gasteiger charge is -2.22. The van der Waals surface area contributed by atoms with E-state index in [1.54, 1.807) is 12.1 Å². The van der Waals surface area contributed by atoms with E-state index < -0.39 is 0 Å². The molecule has 1 aliphatic rings. The molecular formula is C31H21Br2N3O2. The molecule has 0 bridgehead atoms. The molecule has 1 aromatic heterocycles. The average Bonchev–Trinajstić information content (AvgIpc) is 3.38. The predicted molar refractivity (Wildman–Crippen MR) is 158 cm³/mol. The molecule has 0 spiro atoms. The van der Waals surface area contributed by atoms with Crippen LogP contribution in [0, 0.1) is 0 Å². The number of fused-ring (bicyclic) bond motifs is 1. The number of hydrazone groups is 1. The van der Waals surface area contributed by atoms with Crippen LogP contribution in [0.15, 0.2) is 122 Å². The molecule has 1 atom stereocenters. The van der Waals surface area contributed by atoms with Crippen LogP contribution in [-0.2, 0) is 0 Å². The van der Waals surface area contributed by atoms with Crippen molar-refractivity contribution >= 4 is 54.4 Å². The first-order chi connectivity index (χ1) is 18.5. The first kappa shape index (κ1) is 24.5. The Hall–Kier alpha value is -3.81. The van der Waals surface area contributed by atoms with Gasteiger partial charge in [0.25, 0.3) is 11.5 Å². The molecule has 0 aliphatic carbocycles. The van der Waals surface area contributed by atoms with Crippen LogP contribution in [0.2, 0.25) is 0 Å². The summed E-state index contributed by atoms with van der Waals surface area (Å²) in [5.41, 5.74) is 4.73. The number of nitrogens with one attached hydrogen (secondary N) is 1. The summed E-state index contributed by atoms with van der Waals surface area (Å²) in [6.07, 6.45) is 0.400. The van der Waals surface area contributed by atoms with E-state index in [-0.39, 0.29) is 17.5 Å². The summed E-state index contributed by atoms with van der Waals surface area (Å²) in [6, 6.07) is 32.3. The number of carbonyl (C=O) groups is 1. The molecule has 5 aromatic rings. The largest absolute Gasteiger partial charge is 0.321 e. The molecule has 0 saturated carbocycles. The van der Waals surface area contributed by atoms with Crippen LogP contribution in [-0.4, -0.2) is 21.6 Å². The molecule has 38 heavy (non-hydrogen) atoms. The van der Waals surface area contributed by atoms with E-state index in [1.807, 2.05) is 91.0 Å². The van der Waals surface area contributed by atoms with E-state index in [9.17, 15) is 9.59 Å². The SMILES string of the molecule is O=C(c1ccccc1)N1N=C(c2c(-c3ccccc3)c3cc(Br)ccc3[nH]c2=O)C[C@@H]1c1cccc(Br)c1. The van der Waals surface area contributed by atoms with Gasteiger partial charge in [-0.25, -0.2) is 5.01 Å². The van der Waals surface area contributed by atoms with Gasteiger partial charge < -0.3 is 4.98 Å². The zero-order valence-corrected chi connectivity index (χ0v) is 23.2. The second-order valence-corrected chi connectivity index (χ2v) is 10.9. The van der Waals surface area contributed by atoms with Gasteiger partial charge in [0.1, 0.15) is 0 Å². The van der Waals surface area contributed by atoms with Gasteiger partial charge in [-0.05, 0) is 53.6 Å². The Bertz CT molecular complexity index is 1770. The molecule has 4 aromatic carbocycles. The highest BCUT2D eigenvalue weighted by Crippen LogP contribution is 2.38. The number of nitrogens with zero attached hydrogens (tertiary/aromatic N) is 2. The first-order valence-corrected chi connectivity index (χ1v) is 13.7. The maximum Gasteiger partial charge on any atom is 0.274 e. The molecular weight excluding hydrogens is 606 g/mol. The molecule has 7 heteroatoms. The molecule has 5 nitrogen and oxygen atoms in total. The third kappa shape index (κ3) is 4.52. The molecule has 2 heterocycles. The lowest BCUT2D eigenvalue weighted by molar-refractivity contribution is 0.0711. The Kier molecular flexibility index (Phi) is 6.55. The van der Waals surface area contributed by atoms with Crippen molar-refractivity contribution in [2.24, 2.45) is 5.10 Å². The molecule has 186 valence electrons. The van der Waals surface area contributed by atoms with Gasteiger partial charge >= 0.3 is 0 Å². The number of amides is 1. The highest BCUT2D eigenvalue weighted by atomic mass is 79.9. The van der Waals surface area contributed by atoms with Crippen molar-refractivity contribution in [2.75, 3.05) is 0 Å². The van der Waals surface area contributed by atoms with Gasteiger partial charge in [0.15, 0.2) is 0 Å². The van der Waals surface area contributed by atoms with Crippen molar-refractivity contribution in [3.05, 3.63) is 139 Å². The fourth-order valence-corrected chi connectivity index (χ4v) is 5.76. The Morgan fingerprint density at radius 3 is 2.26 bits per heavy atom.